The molecule has 1 aromatic carbocycles. The molecule has 1 aliphatic rings. The third-order valence-electron chi connectivity index (χ3n) is 5.31. The standard InChI is InChI=1S/C23H22N6O2/c24-14-18-6-8-21(25-15-18)28-12-10-19(11-13-28)26-23(31)20-7-9-22(30)29(27-20)16-17-4-2-1-3-5-17/h1-9,15,19H,10-13,16H2,(H,26,31). The topological polar surface area (TPSA) is 104 Å². The van der Waals surface area contributed by atoms with E-state index >= 15 is 0 Å². The van der Waals surface area contributed by atoms with Gasteiger partial charge in [-0.05, 0) is 36.6 Å². The number of carbonyl (C=O) groups excluding carboxylic acids is 1. The fraction of sp³-hybridized carbons (Fsp3) is 0.261. The number of pyridine rings is 1. The SMILES string of the molecule is N#Cc1ccc(N2CCC(NC(=O)c3ccc(=O)n(Cc4ccccc4)n3)CC2)nc1. The van der Waals surface area contributed by atoms with Crippen LogP contribution in [0.5, 0.6) is 0 Å². The number of hydrogen-bond donors (Lipinski definition) is 1. The van der Waals surface area contributed by atoms with Gasteiger partial charge in [0.25, 0.3) is 11.5 Å². The molecule has 2 aromatic heterocycles. The van der Waals surface area contributed by atoms with Crippen molar-refractivity contribution in [2.75, 3.05) is 18.0 Å². The Morgan fingerprint density at radius 2 is 1.87 bits per heavy atom. The van der Waals surface area contributed by atoms with Crippen LogP contribution < -0.4 is 15.8 Å². The van der Waals surface area contributed by atoms with E-state index < -0.39 is 0 Å². The number of hydrogen-bond acceptors (Lipinski definition) is 6. The molecule has 0 spiro atoms. The number of anilines is 1. The minimum atomic E-state index is -0.281. The Kier molecular flexibility index (Phi) is 6.03. The largest absolute Gasteiger partial charge is 0.356 e. The van der Waals surface area contributed by atoms with Gasteiger partial charge in [0.1, 0.15) is 17.6 Å². The summed E-state index contributed by atoms with van der Waals surface area (Å²) in [5.74, 6) is 0.551. The van der Waals surface area contributed by atoms with Gasteiger partial charge in [0, 0.05) is 31.4 Å². The highest BCUT2D eigenvalue weighted by Crippen LogP contribution is 2.18. The molecular formula is C23H22N6O2. The lowest BCUT2D eigenvalue weighted by molar-refractivity contribution is 0.0923. The molecule has 1 amide bonds. The minimum Gasteiger partial charge on any atom is -0.356 e. The maximum Gasteiger partial charge on any atom is 0.271 e. The van der Waals surface area contributed by atoms with Crippen LogP contribution in [0.3, 0.4) is 0 Å². The van der Waals surface area contributed by atoms with Gasteiger partial charge in [0.2, 0.25) is 0 Å². The summed E-state index contributed by atoms with van der Waals surface area (Å²) in [5.41, 5.74) is 1.46. The molecule has 3 aromatic rings. The highest BCUT2D eigenvalue weighted by atomic mass is 16.2. The maximum absolute atomic E-state index is 12.7. The van der Waals surface area contributed by atoms with Crippen molar-refractivity contribution in [3.63, 3.8) is 0 Å². The molecule has 0 aliphatic carbocycles. The normalized spacial score (nSPS) is 14.1. The number of piperidine rings is 1. The van der Waals surface area contributed by atoms with Crippen molar-refractivity contribution in [3.8, 4) is 6.07 Å². The summed E-state index contributed by atoms with van der Waals surface area (Å²) in [5, 5.41) is 16.2. The average Bonchev–Trinajstić information content (AvgIpc) is 2.82. The quantitative estimate of drug-likeness (QED) is 0.684. The molecule has 0 atom stereocenters. The molecule has 0 unspecified atom stereocenters. The zero-order chi connectivity index (χ0) is 21.6. The summed E-state index contributed by atoms with van der Waals surface area (Å²) in [6.07, 6.45) is 3.12. The van der Waals surface area contributed by atoms with Crippen LogP contribution >= 0.6 is 0 Å². The first-order valence-corrected chi connectivity index (χ1v) is 10.2. The van der Waals surface area contributed by atoms with Crippen LogP contribution in [0.2, 0.25) is 0 Å². The first kappa shape index (κ1) is 20.3. The Balaban J connectivity index is 1.36. The van der Waals surface area contributed by atoms with Gasteiger partial charge in [-0.15, -0.1) is 0 Å². The number of carbonyl (C=O) groups is 1. The lowest BCUT2D eigenvalue weighted by Crippen LogP contribution is -2.45. The molecular weight excluding hydrogens is 392 g/mol. The predicted molar refractivity (Wildman–Crippen MR) is 116 cm³/mol. The second-order valence-electron chi connectivity index (χ2n) is 7.45. The lowest BCUT2D eigenvalue weighted by Gasteiger charge is -2.33. The summed E-state index contributed by atoms with van der Waals surface area (Å²) in [6.45, 7) is 1.83. The molecule has 1 fully saturated rings. The van der Waals surface area contributed by atoms with Crippen LogP contribution in [0.25, 0.3) is 0 Å². The maximum atomic E-state index is 12.7. The van der Waals surface area contributed by atoms with Crippen molar-refractivity contribution in [1.82, 2.24) is 20.1 Å². The second-order valence-corrected chi connectivity index (χ2v) is 7.45. The van der Waals surface area contributed by atoms with E-state index in [0.717, 1.165) is 37.3 Å². The van der Waals surface area contributed by atoms with Gasteiger partial charge in [-0.1, -0.05) is 30.3 Å². The molecule has 1 saturated heterocycles. The van der Waals surface area contributed by atoms with Crippen LogP contribution in [0, 0.1) is 11.3 Å². The van der Waals surface area contributed by atoms with E-state index in [4.69, 9.17) is 5.26 Å². The molecule has 8 heteroatoms. The molecule has 0 bridgehead atoms. The fourth-order valence-electron chi connectivity index (χ4n) is 3.59. The van der Waals surface area contributed by atoms with Crippen molar-refractivity contribution in [3.05, 3.63) is 88.0 Å². The predicted octanol–water partition coefficient (Wildman–Crippen LogP) is 1.96. The van der Waals surface area contributed by atoms with E-state index in [2.05, 4.69) is 26.4 Å². The first-order valence-electron chi connectivity index (χ1n) is 10.2. The number of rotatable bonds is 5. The van der Waals surface area contributed by atoms with E-state index in [9.17, 15) is 9.59 Å². The highest BCUT2D eigenvalue weighted by molar-refractivity contribution is 5.92. The summed E-state index contributed by atoms with van der Waals surface area (Å²) in [6, 6.07) is 18.1. The Labute approximate surface area is 179 Å². The number of nitrogens with zero attached hydrogens (tertiary/aromatic N) is 5. The Morgan fingerprint density at radius 3 is 2.55 bits per heavy atom. The number of aromatic nitrogens is 3. The molecule has 156 valence electrons. The van der Waals surface area contributed by atoms with Gasteiger partial charge >= 0.3 is 0 Å². The molecule has 1 N–H and O–H groups in total. The van der Waals surface area contributed by atoms with Gasteiger partial charge in [-0.3, -0.25) is 9.59 Å². The van der Waals surface area contributed by atoms with Gasteiger partial charge in [-0.2, -0.15) is 10.4 Å². The van der Waals surface area contributed by atoms with Crippen molar-refractivity contribution < 1.29 is 4.79 Å². The Morgan fingerprint density at radius 1 is 1.10 bits per heavy atom. The van der Waals surface area contributed by atoms with Crippen molar-refractivity contribution in [2.45, 2.75) is 25.4 Å². The number of nitriles is 1. The Hall–Kier alpha value is -3.99. The van der Waals surface area contributed by atoms with Gasteiger partial charge < -0.3 is 10.2 Å². The molecule has 0 saturated carbocycles. The van der Waals surface area contributed by atoms with Crippen LogP contribution in [0.1, 0.15) is 34.5 Å². The van der Waals surface area contributed by atoms with E-state index in [1.165, 1.54) is 16.8 Å². The van der Waals surface area contributed by atoms with Crippen LogP contribution in [0.4, 0.5) is 5.82 Å². The van der Waals surface area contributed by atoms with Gasteiger partial charge in [0.05, 0.1) is 12.1 Å². The summed E-state index contributed by atoms with van der Waals surface area (Å²) in [7, 11) is 0. The molecule has 8 nitrogen and oxygen atoms in total. The van der Waals surface area contributed by atoms with E-state index in [0.29, 0.717) is 12.1 Å². The summed E-state index contributed by atoms with van der Waals surface area (Å²) in [4.78, 5) is 31.3. The van der Waals surface area contributed by atoms with E-state index in [-0.39, 0.29) is 23.2 Å². The number of benzene rings is 1. The lowest BCUT2D eigenvalue weighted by atomic mass is 10.0. The van der Waals surface area contributed by atoms with Crippen LogP contribution in [0.15, 0.2) is 65.6 Å². The second kappa shape index (κ2) is 9.22. The van der Waals surface area contributed by atoms with Gasteiger partial charge in [-0.25, -0.2) is 9.67 Å². The Bertz CT molecular complexity index is 1140. The molecule has 3 heterocycles. The monoisotopic (exact) mass is 414 g/mol. The first-order chi connectivity index (χ1) is 15.1. The number of nitrogens with one attached hydrogen (secondary N) is 1. The molecule has 0 radical (unpaired) electrons. The minimum absolute atomic E-state index is 0.0263. The third-order valence-corrected chi connectivity index (χ3v) is 5.31. The summed E-state index contributed by atoms with van der Waals surface area (Å²) < 4.78 is 1.31. The zero-order valence-corrected chi connectivity index (χ0v) is 16.9. The smallest absolute Gasteiger partial charge is 0.271 e. The van der Waals surface area contributed by atoms with Crippen LogP contribution in [-0.4, -0.2) is 39.8 Å². The van der Waals surface area contributed by atoms with Gasteiger partial charge in [0.15, 0.2) is 0 Å². The van der Waals surface area contributed by atoms with Crippen molar-refractivity contribution in [2.24, 2.45) is 0 Å². The van der Waals surface area contributed by atoms with Crippen LogP contribution in [-0.2, 0) is 6.54 Å². The summed E-state index contributed by atoms with van der Waals surface area (Å²) >= 11 is 0. The fourth-order valence-corrected chi connectivity index (χ4v) is 3.59. The molecule has 4 rings (SSSR count). The van der Waals surface area contributed by atoms with Crippen molar-refractivity contribution in [1.29, 1.82) is 5.26 Å². The molecule has 31 heavy (non-hydrogen) atoms. The van der Waals surface area contributed by atoms with E-state index in [1.807, 2.05) is 36.4 Å². The average molecular weight is 414 g/mol. The highest BCUT2D eigenvalue weighted by Gasteiger charge is 2.22. The van der Waals surface area contributed by atoms with E-state index in [1.54, 1.807) is 12.3 Å². The number of amides is 1. The third kappa shape index (κ3) is 4.95. The zero-order valence-electron chi connectivity index (χ0n) is 16.9. The molecule has 1 aliphatic heterocycles. The van der Waals surface area contributed by atoms with Crippen molar-refractivity contribution >= 4 is 11.7 Å².